The number of carboxylic acids is 1. The number of carbonyl (C=O) groups is 3. The summed E-state index contributed by atoms with van der Waals surface area (Å²) in [4.78, 5) is 37.8. The SMILES string of the molecule is O=C1NC(=S)N(c2cccc(Cl)c2Cl)C(=O)/C1=C/c1ccc(-c2ccc(C(=O)O)c(Cl)c2)o1. The molecule has 2 aromatic carbocycles. The number of hydrogen-bond acceptors (Lipinski definition) is 5. The highest BCUT2D eigenvalue weighted by Gasteiger charge is 2.36. The van der Waals surface area contributed by atoms with Crippen molar-refractivity contribution in [3.63, 3.8) is 0 Å². The Balaban J connectivity index is 1.68. The van der Waals surface area contributed by atoms with Gasteiger partial charge >= 0.3 is 5.97 Å². The fourth-order valence-electron chi connectivity index (χ4n) is 3.11. The molecule has 1 aliphatic heterocycles. The van der Waals surface area contributed by atoms with Crippen molar-refractivity contribution in [3.05, 3.63) is 80.5 Å². The zero-order valence-corrected chi connectivity index (χ0v) is 19.3. The summed E-state index contributed by atoms with van der Waals surface area (Å²) in [5.74, 6) is -2.01. The number of rotatable bonds is 4. The average Bonchev–Trinajstić information content (AvgIpc) is 3.22. The lowest BCUT2D eigenvalue weighted by Gasteiger charge is -2.29. The summed E-state index contributed by atoms with van der Waals surface area (Å²) in [5.41, 5.74) is 0.454. The fourth-order valence-corrected chi connectivity index (χ4v) is 4.03. The second kappa shape index (κ2) is 8.99. The molecule has 0 unspecified atom stereocenters. The van der Waals surface area contributed by atoms with Crippen LogP contribution in [-0.2, 0) is 9.59 Å². The first-order chi connectivity index (χ1) is 15.7. The second-order valence-corrected chi connectivity index (χ2v) is 8.31. The third kappa shape index (κ3) is 4.38. The van der Waals surface area contributed by atoms with Gasteiger partial charge in [0.05, 0.1) is 26.3 Å². The van der Waals surface area contributed by atoms with Gasteiger partial charge in [-0.15, -0.1) is 0 Å². The van der Waals surface area contributed by atoms with E-state index in [2.05, 4.69) is 5.32 Å². The Bertz CT molecular complexity index is 1380. The molecule has 33 heavy (non-hydrogen) atoms. The zero-order chi connectivity index (χ0) is 23.9. The number of halogens is 3. The molecule has 0 spiro atoms. The smallest absolute Gasteiger partial charge is 0.337 e. The van der Waals surface area contributed by atoms with Crippen LogP contribution >= 0.6 is 47.0 Å². The third-order valence-corrected chi connectivity index (χ3v) is 6.08. The number of furan rings is 1. The van der Waals surface area contributed by atoms with Gasteiger partial charge in [0, 0.05) is 5.56 Å². The molecule has 1 aliphatic rings. The van der Waals surface area contributed by atoms with Crippen molar-refractivity contribution in [1.29, 1.82) is 0 Å². The van der Waals surface area contributed by atoms with Crippen LogP contribution in [0.1, 0.15) is 16.1 Å². The second-order valence-electron chi connectivity index (χ2n) is 6.73. The van der Waals surface area contributed by atoms with Crippen LogP contribution < -0.4 is 10.2 Å². The molecule has 11 heteroatoms. The Kier molecular flexibility index (Phi) is 6.27. The highest BCUT2D eigenvalue weighted by Crippen LogP contribution is 2.35. The molecule has 4 rings (SSSR count). The maximum Gasteiger partial charge on any atom is 0.337 e. The van der Waals surface area contributed by atoms with Gasteiger partial charge in [0.2, 0.25) is 0 Å². The molecule has 0 atom stereocenters. The third-order valence-electron chi connectivity index (χ3n) is 4.67. The normalized spacial score (nSPS) is 15.2. The summed E-state index contributed by atoms with van der Waals surface area (Å²) in [6.45, 7) is 0. The quantitative estimate of drug-likeness (QED) is 0.270. The first kappa shape index (κ1) is 23.0. The highest BCUT2D eigenvalue weighted by molar-refractivity contribution is 7.80. The summed E-state index contributed by atoms with van der Waals surface area (Å²) in [5, 5.41) is 11.8. The van der Waals surface area contributed by atoms with Crippen LogP contribution in [0.5, 0.6) is 0 Å². The summed E-state index contributed by atoms with van der Waals surface area (Å²) < 4.78 is 5.72. The lowest BCUT2D eigenvalue weighted by molar-refractivity contribution is -0.122. The summed E-state index contributed by atoms with van der Waals surface area (Å²) in [7, 11) is 0. The molecule has 0 radical (unpaired) electrons. The molecule has 166 valence electrons. The van der Waals surface area contributed by atoms with Gasteiger partial charge in [-0.3, -0.25) is 19.8 Å². The van der Waals surface area contributed by atoms with Gasteiger partial charge in [0.25, 0.3) is 11.8 Å². The molecule has 7 nitrogen and oxygen atoms in total. The molecular formula is C22H11Cl3N2O5S. The number of benzene rings is 2. The predicted octanol–water partition coefficient (Wildman–Crippen LogP) is 5.44. The van der Waals surface area contributed by atoms with E-state index in [4.69, 9.17) is 56.5 Å². The number of amides is 2. The molecule has 0 aliphatic carbocycles. The van der Waals surface area contributed by atoms with Crippen molar-refractivity contribution >= 4 is 81.7 Å². The van der Waals surface area contributed by atoms with Gasteiger partial charge in [-0.05, 0) is 54.7 Å². The molecule has 0 saturated carbocycles. The Hall–Kier alpha value is -3.17. The van der Waals surface area contributed by atoms with Crippen molar-refractivity contribution in [3.8, 4) is 11.3 Å². The van der Waals surface area contributed by atoms with E-state index in [1.165, 1.54) is 24.3 Å². The number of nitrogens with one attached hydrogen (secondary N) is 1. The van der Waals surface area contributed by atoms with Gasteiger partial charge in [0.15, 0.2) is 5.11 Å². The van der Waals surface area contributed by atoms with Crippen molar-refractivity contribution in [2.75, 3.05) is 4.90 Å². The number of aromatic carboxylic acids is 1. The molecule has 2 amide bonds. The average molecular weight is 522 g/mol. The zero-order valence-electron chi connectivity index (χ0n) is 16.3. The molecule has 0 bridgehead atoms. The number of carbonyl (C=O) groups excluding carboxylic acids is 2. The van der Waals surface area contributed by atoms with Crippen LogP contribution in [-0.4, -0.2) is 28.0 Å². The number of anilines is 1. The van der Waals surface area contributed by atoms with E-state index in [1.807, 2.05) is 0 Å². The maximum atomic E-state index is 13.1. The molecule has 3 aromatic rings. The van der Waals surface area contributed by atoms with E-state index in [-0.39, 0.29) is 42.8 Å². The summed E-state index contributed by atoms with van der Waals surface area (Å²) >= 11 is 23.5. The van der Waals surface area contributed by atoms with Crippen molar-refractivity contribution < 1.29 is 23.9 Å². The minimum Gasteiger partial charge on any atom is -0.478 e. The molecule has 1 saturated heterocycles. The summed E-state index contributed by atoms with van der Waals surface area (Å²) in [6.07, 6.45) is 1.27. The number of nitrogens with zero attached hydrogens (tertiary/aromatic N) is 1. The molecule has 2 heterocycles. The molecule has 2 N–H and O–H groups in total. The van der Waals surface area contributed by atoms with E-state index in [9.17, 15) is 14.4 Å². The van der Waals surface area contributed by atoms with E-state index >= 15 is 0 Å². The largest absolute Gasteiger partial charge is 0.478 e. The number of hydrogen-bond donors (Lipinski definition) is 2. The standard InChI is InChI=1S/C22H11Cl3N2O5S/c23-14-2-1-3-16(18(14)25)27-20(29)13(19(28)26-22(27)33)9-11-5-7-17(32-11)10-4-6-12(21(30)31)15(24)8-10/h1-9H,(H,30,31)(H,26,28,33)/b13-9+. The van der Waals surface area contributed by atoms with Crippen LogP contribution in [0.25, 0.3) is 17.4 Å². The van der Waals surface area contributed by atoms with E-state index in [0.29, 0.717) is 11.3 Å². The van der Waals surface area contributed by atoms with Crippen LogP contribution in [0.15, 0.2) is 58.5 Å². The number of carboxylic acid groups (broad SMARTS) is 1. The van der Waals surface area contributed by atoms with E-state index in [0.717, 1.165) is 4.90 Å². The maximum absolute atomic E-state index is 13.1. The fraction of sp³-hybridized carbons (Fsp3) is 0. The minimum atomic E-state index is -1.15. The topological polar surface area (TPSA) is 99.9 Å². The van der Waals surface area contributed by atoms with Gasteiger partial charge in [-0.2, -0.15) is 0 Å². The van der Waals surface area contributed by atoms with E-state index in [1.54, 1.807) is 30.3 Å². The lowest BCUT2D eigenvalue weighted by Crippen LogP contribution is -2.54. The van der Waals surface area contributed by atoms with Gasteiger partial charge in [-0.1, -0.05) is 46.9 Å². The minimum absolute atomic E-state index is 0.0423. The van der Waals surface area contributed by atoms with Crippen molar-refractivity contribution in [1.82, 2.24) is 5.32 Å². The van der Waals surface area contributed by atoms with Crippen LogP contribution in [0.2, 0.25) is 15.1 Å². The Labute approximate surface area is 207 Å². The van der Waals surface area contributed by atoms with Crippen LogP contribution in [0, 0.1) is 0 Å². The van der Waals surface area contributed by atoms with E-state index < -0.39 is 17.8 Å². The van der Waals surface area contributed by atoms with Crippen LogP contribution in [0.4, 0.5) is 5.69 Å². The number of thiocarbonyl (C=S) groups is 1. The van der Waals surface area contributed by atoms with Crippen molar-refractivity contribution in [2.45, 2.75) is 0 Å². The molecule has 1 fully saturated rings. The van der Waals surface area contributed by atoms with Gasteiger partial charge in [-0.25, -0.2) is 4.79 Å². The van der Waals surface area contributed by atoms with Crippen LogP contribution in [0.3, 0.4) is 0 Å². The Morgan fingerprint density at radius 2 is 1.82 bits per heavy atom. The molecular weight excluding hydrogens is 511 g/mol. The van der Waals surface area contributed by atoms with Crippen molar-refractivity contribution in [2.24, 2.45) is 0 Å². The summed E-state index contributed by atoms with van der Waals surface area (Å²) in [6, 6.07) is 12.2. The monoisotopic (exact) mass is 520 g/mol. The van der Waals surface area contributed by atoms with Gasteiger partial charge in [0.1, 0.15) is 17.1 Å². The Morgan fingerprint density at radius 3 is 2.52 bits per heavy atom. The lowest BCUT2D eigenvalue weighted by atomic mass is 10.1. The Morgan fingerprint density at radius 1 is 1.06 bits per heavy atom. The highest BCUT2D eigenvalue weighted by atomic mass is 35.5. The first-order valence-electron chi connectivity index (χ1n) is 9.16. The molecule has 1 aromatic heterocycles. The first-order valence-corrected chi connectivity index (χ1v) is 10.7. The van der Waals surface area contributed by atoms with Gasteiger partial charge < -0.3 is 9.52 Å². The predicted molar refractivity (Wildman–Crippen MR) is 129 cm³/mol.